The topological polar surface area (TPSA) is 79.7 Å². The Hall–Kier alpha value is -2.36. The van der Waals surface area contributed by atoms with Crippen molar-refractivity contribution in [2.75, 3.05) is 20.0 Å². The standard InChI is InChI=1S/C22H24N2O5S2/c1-22(2)11-15-16(12-29-22)31-19-18(15)20(26)24(13-5-7-14(27-3)8-6-13)21(23-19)30-10-9-17(25)28-4/h5-8H,9-12H2,1-4H3. The molecule has 3 heterocycles. The maximum absolute atomic E-state index is 13.8. The summed E-state index contributed by atoms with van der Waals surface area (Å²) in [6.45, 7) is 4.55. The molecule has 7 nitrogen and oxygen atoms in total. The number of hydrogen-bond acceptors (Lipinski definition) is 8. The molecule has 4 rings (SSSR count). The second-order valence-electron chi connectivity index (χ2n) is 7.82. The number of hydrogen-bond donors (Lipinski definition) is 0. The zero-order valence-electron chi connectivity index (χ0n) is 17.9. The number of fused-ring (bicyclic) bond motifs is 3. The molecule has 0 N–H and O–H groups in total. The van der Waals surface area contributed by atoms with Gasteiger partial charge < -0.3 is 14.2 Å². The second-order valence-corrected chi connectivity index (χ2v) is 9.96. The van der Waals surface area contributed by atoms with E-state index in [1.807, 2.05) is 38.1 Å². The Morgan fingerprint density at radius 1 is 1.29 bits per heavy atom. The largest absolute Gasteiger partial charge is 0.497 e. The van der Waals surface area contributed by atoms with Crippen LogP contribution < -0.4 is 10.3 Å². The third kappa shape index (κ3) is 4.35. The van der Waals surface area contributed by atoms with Crippen molar-refractivity contribution in [2.45, 2.75) is 44.1 Å². The number of rotatable bonds is 6. The van der Waals surface area contributed by atoms with E-state index in [1.54, 1.807) is 11.7 Å². The molecule has 9 heteroatoms. The number of ether oxygens (including phenoxy) is 3. The molecule has 0 amide bonds. The number of benzene rings is 1. The van der Waals surface area contributed by atoms with Gasteiger partial charge in [0, 0.05) is 17.1 Å². The summed E-state index contributed by atoms with van der Waals surface area (Å²) >= 11 is 2.87. The first-order valence-electron chi connectivity index (χ1n) is 9.88. The van der Waals surface area contributed by atoms with Gasteiger partial charge in [-0.1, -0.05) is 11.8 Å². The summed E-state index contributed by atoms with van der Waals surface area (Å²) in [5.41, 5.74) is 1.30. The number of aromatic nitrogens is 2. The Labute approximate surface area is 188 Å². The molecule has 0 atom stereocenters. The molecule has 31 heavy (non-hydrogen) atoms. The summed E-state index contributed by atoms with van der Waals surface area (Å²) in [7, 11) is 2.97. The number of methoxy groups -OCH3 is 2. The maximum Gasteiger partial charge on any atom is 0.306 e. The van der Waals surface area contributed by atoms with E-state index in [0.717, 1.165) is 10.4 Å². The van der Waals surface area contributed by atoms with Crippen LogP contribution in [0, 0.1) is 0 Å². The molecule has 0 unspecified atom stereocenters. The summed E-state index contributed by atoms with van der Waals surface area (Å²) in [6.07, 6.45) is 0.900. The van der Waals surface area contributed by atoms with E-state index in [2.05, 4.69) is 0 Å². The van der Waals surface area contributed by atoms with Gasteiger partial charge in [-0.3, -0.25) is 14.2 Å². The van der Waals surface area contributed by atoms with Gasteiger partial charge in [0.1, 0.15) is 10.6 Å². The Morgan fingerprint density at radius 2 is 2.03 bits per heavy atom. The smallest absolute Gasteiger partial charge is 0.306 e. The van der Waals surface area contributed by atoms with Crippen LogP contribution in [0.15, 0.2) is 34.2 Å². The Kier molecular flexibility index (Phi) is 6.09. The molecule has 164 valence electrons. The highest BCUT2D eigenvalue weighted by Crippen LogP contribution is 2.38. The number of carbonyl (C=O) groups is 1. The summed E-state index contributed by atoms with van der Waals surface area (Å²) in [5, 5.41) is 1.20. The van der Waals surface area contributed by atoms with Crippen molar-refractivity contribution >= 4 is 39.3 Å². The Balaban J connectivity index is 1.86. The van der Waals surface area contributed by atoms with E-state index in [-0.39, 0.29) is 23.6 Å². The van der Waals surface area contributed by atoms with Gasteiger partial charge in [0.2, 0.25) is 0 Å². The number of esters is 1. The highest BCUT2D eigenvalue weighted by atomic mass is 32.2. The molecule has 2 aromatic heterocycles. The maximum atomic E-state index is 13.8. The van der Waals surface area contributed by atoms with Crippen LogP contribution >= 0.6 is 23.1 Å². The van der Waals surface area contributed by atoms with Gasteiger partial charge in [0.05, 0.1) is 43.9 Å². The van der Waals surface area contributed by atoms with Gasteiger partial charge in [-0.05, 0) is 43.7 Å². The van der Waals surface area contributed by atoms with Gasteiger partial charge in [-0.2, -0.15) is 0 Å². The molecule has 0 radical (unpaired) electrons. The SMILES string of the molecule is COC(=O)CCSc1nc2sc3c(c2c(=O)n1-c1ccc(OC)cc1)CC(C)(C)OC3. The van der Waals surface area contributed by atoms with Crippen LogP contribution in [0.3, 0.4) is 0 Å². The summed E-state index contributed by atoms with van der Waals surface area (Å²) in [6, 6.07) is 7.30. The molecule has 0 spiro atoms. The number of nitrogens with zero attached hydrogens (tertiary/aromatic N) is 2. The highest BCUT2D eigenvalue weighted by Gasteiger charge is 2.31. The lowest BCUT2D eigenvalue weighted by Crippen LogP contribution is -2.32. The molecule has 1 aliphatic heterocycles. The van der Waals surface area contributed by atoms with E-state index in [1.165, 1.54) is 30.2 Å². The fraction of sp³-hybridized carbons (Fsp3) is 0.409. The minimum Gasteiger partial charge on any atom is -0.497 e. The van der Waals surface area contributed by atoms with Crippen molar-refractivity contribution in [3.8, 4) is 11.4 Å². The van der Waals surface area contributed by atoms with E-state index in [4.69, 9.17) is 19.2 Å². The number of thiophene rings is 1. The van der Waals surface area contributed by atoms with Crippen molar-refractivity contribution in [2.24, 2.45) is 0 Å². The molecule has 0 saturated heterocycles. The van der Waals surface area contributed by atoms with E-state index < -0.39 is 0 Å². The lowest BCUT2D eigenvalue weighted by Gasteiger charge is -2.29. The van der Waals surface area contributed by atoms with E-state index in [0.29, 0.717) is 45.6 Å². The molecule has 0 aliphatic carbocycles. The van der Waals surface area contributed by atoms with Crippen molar-refractivity contribution in [3.63, 3.8) is 0 Å². The summed E-state index contributed by atoms with van der Waals surface area (Å²) in [4.78, 5) is 31.9. The zero-order chi connectivity index (χ0) is 22.2. The van der Waals surface area contributed by atoms with Crippen molar-refractivity contribution in [3.05, 3.63) is 45.1 Å². The van der Waals surface area contributed by atoms with Crippen LogP contribution in [-0.4, -0.2) is 41.1 Å². The first-order valence-corrected chi connectivity index (χ1v) is 11.7. The van der Waals surface area contributed by atoms with Gasteiger partial charge >= 0.3 is 5.97 Å². The third-order valence-electron chi connectivity index (χ3n) is 5.17. The number of carbonyl (C=O) groups excluding carboxylic acids is 1. The fourth-order valence-electron chi connectivity index (χ4n) is 3.56. The predicted octanol–water partition coefficient (Wildman–Crippen LogP) is 3.96. The normalized spacial score (nSPS) is 15.0. The average Bonchev–Trinajstić information content (AvgIpc) is 3.10. The minimum atomic E-state index is -0.327. The van der Waals surface area contributed by atoms with E-state index in [9.17, 15) is 9.59 Å². The summed E-state index contributed by atoms with van der Waals surface area (Å²) in [5.74, 6) is 0.873. The molecular formula is C22H24N2O5S2. The van der Waals surface area contributed by atoms with Gasteiger partial charge in [-0.25, -0.2) is 4.98 Å². The average molecular weight is 461 g/mol. The first-order chi connectivity index (χ1) is 14.8. The van der Waals surface area contributed by atoms with Crippen LogP contribution in [0.1, 0.15) is 30.7 Å². The van der Waals surface area contributed by atoms with Crippen LogP contribution in [0.25, 0.3) is 15.9 Å². The molecule has 0 saturated carbocycles. The lowest BCUT2D eigenvalue weighted by atomic mass is 9.94. The predicted molar refractivity (Wildman–Crippen MR) is 122 cm³/mol. The van der Waals surface area contributed by atoms with Gasteiger partial charge in [0.15, 0.2) is 5.16 Å². The van der Waals surface area contributed by atoms with Crippen LogP contribution in [0.2, 0.25) is 0 Å². The van der Waals surface area contributed by atoms with Crippen molar-refractivity contribution < 1.29 is 19.0 Å². The molecule has 3 aromatic rings. The lowest BCUT2D eigenvalue weighted by molar-refractivity contribution is -0.140. The number of thioether (sulfide) groups is 1. The zero-order valence-corrected chi connectivity index (χ0v) is 19.5. The van der Waals surface area contributed by atoms with Gasteiger partial charge in [0.25, 0.3) is 5.56 Å². The molecule has 1 aliphatic rings. The fourth-order valence-corrected chi connectivity index (χ4v) is 5.63. The second kappa shape index (κ2) is 8.64. The minimum absolute atomic E-state index is 0.106. The Morgan fingerprint density at radius 3 is 2.71 bits per heavy atom. The molecular weight excluding hydrogens is 436 g/mol. The quantitative estimate of drug-likeness (QED) is 0.313. The van der Waals surface area contributed by atoms with Crippen LogP contribution in [-0.2, 0) is 27.3 Å². The van der Waals surface area contributed by atoms with Crippen LogP contribution in [0.5, 0.6) is 5.75 Å². The highest BCUT2D eigenvalue weighted by molar-refractivity contribution is 7.99. The first kappa shape index (κ1) is 21.9. The van der Waals surface area contributed by atoms with Crippen molar-refractivity contribution in [1.82, 2.24) is 9.55 Å². The van der Waals surface area contributed by atoms with Crippen molar-refractivity contribution in [1.29, 1.82) is 0 Å². The summed E-state index contributed by atoms with van der Waals surface area (Å²) < 4.78 is 17.5. The van der Waals surface area contributed by atoms with Gasteiger partial charge in [-0.15, -0.1) is 11.3 Å². The molecule has 0 bridgehead atoms. The van der Waals surface area contributed by atoms with Crippen LogP contribution in [0.4, 0.5) is 0 Å². The Bertz CT molecular complexity index is 1180. The molecule has 1 aromatic carbocycles. The molecule has 0 fully saturated rings. The van der Waals surface area contributed by atoms with E-state index >= 15 is 0 Å². The monoisotopic (exact) mass is 460 g/mol. The third-order valence-corrected chi connectivity index (χ3v) is 7.21.